The van der Waals surface area contributed by atoms with Gasteiger partial charge in [-0.3, -0.25) is 0 Å². The Labute approximate surface area is 196 Å². The summed E-state index contributed by atoms with van der Waals surface area (Å²) in [6, 6.07) is 4.12. The van der Waals surface area contributed by atoms with Crippen molar-refractivity contribution in [2.75, 3.05) is 50.2 Å². The molecule has 2 atom stereocenters. The van der Waals surface area contributed by atoms with Crippen LogP contribution in [0.3, 0.4) is 0 Å². The molecule has 0 aliphatic rings. The van der Waals surface area contributed by atoms with Crippen molar-refractivity contribution in [3.05, 3.63) is 23.8 Å². The maximum absolute atomic E-state index is 12.2. The van der Waals surface area contributed by atoms with Crippen LogP contribution in [0.5, 0.6) is 0 Å². The van der Waals surface area contributed by atoms with E-state index in [9.17, 15) is 19.8 Å². The fraction of sp³-hybridized carbons (Fsp3) is 0.652. The van der Waals surface area contributed by atoms with Gasteiger partial charge in [-0.1, -0.05) is 33.8 Å². The molecule has 1 aromatic carbocycles. The van der Waals surface area contributed by atoms with Crippen LogP contribution in [-0.4, -0.2) is 74.0 Å². The first kappa shape index (κ1) is 28.6. The maximum Gasteiger partial charge on any atom is 0.319 e. The van der Waals surface area contributed by atoms with Crippen molar-refractivity contribution in [1.82, 2.24) is 10.6 Å². The lowest BCUT2D eigenvalue weighted by Gasteiger charge is -2.16. The lowest BCUT2D eigenvalue weighted by atomic mass is 10.2. The number of carbonyl (C=O) groups is 2. The second-order valence-electron chi connectivity index (χ2n) is 8.87. The third-order valence-corrected chi connectivity index (χ3v) is 4.26. The minimum atomic E-state index is -0.807. The lowest BCUT2D eigenvalue weighted by molar-refractivity contribution is 0.0274. The summed E-state index contributed by atoms with van der Waals surface area (Å²) in [5, 5.41) is 30.3. The molecule has 0 aromatic heterocycles. The normalized spacial score (nSPS) is 13.0. The van der Waals surface area contributed by atoms with Gasteiger partial charge in [-0.2, -0.15) is 0 Å². The predicted octanol–water partition coefficient (Wildman–Crippen LogP) is 2.31. The van der Waals surface area contributed by atoms with Gasteiger partial charge in [0, 0.05) is 37.7 Å². The number of aryl methyl sites for hydroxylation is 1. The van der Waals surface area contributed by atoms with Gasteiger partial charge in [0.25, 0.3) is 0 Å². The maximum atomic E-state index is 12.2. The zero-order valence-corrected chi connectivity index (χ0v) is 20.3. The molecule has 6 N–H and O–H groups in total. The quantitative estimate of drug-likeness (QED) is 0.247. The first-order valence-corrected chi connectivity index (χ1v) is 11.3. The van der Waals surface area contributed by atoms with Crippen LogP contribution in [0, 0.1) is 18.8 Å². The molecule has 1 aromatic rings. The van der Waals surface area contributed by atoms with Crippen LogP contribution < -0.4 is 21.3 Å². The third kappa shape index (κ3) is 13.7. The Hall–Kier alpha value is -2.40. The number of amides is 4. The van der Waals surface area contributed by atoms with Gasteiger partial charge in [0.1, 0.15) is 0 Å². The highest BCUT2D eigenvalue weighted by Crippen LogP contribution is 2.20. The van der Waals surface area contributed by atoms with E-state index in [4.69, 9.17) is 9.47 Å². The van der Waals surface area contributed by atoms with E-state index in [0.717, 1.165) is 5.56 Å². The van der Waals surface area contributed by atoms with E-state index in [-0.39, 0.29) is 26.3 Å². The number of rotatable bonds is 14. The molecule has 0 unspecified atom stereocenters. The fourth-order valence-electron chi connectivity index (χ4n) is 2.59. The average molecular weight is 469 g/mol. The Bertz CT molecular complexity index is 729. The Kier molecular flexibility index (Phi) is 13.4. The molecule has 188 valence electrons. The van der Waals surface area contributed by atoms with Gasteiger partial charge in [-0.15, -0.1) is 0 Å². The SMILES string of the molecule is Cc1ccc(NC(=O)NC[C@H](O)COCC(C)C)cc1NC(=O)NC[C@@H](O)COCC(C)C. The van der Waals surface area contributed by atoms with Gasteiger partial charge < -0.3 is 41.0 Å². The summed E-state index contributed by atoms with van der Waals surface area (Å²) in [6.07, 6.45) is -1.61. The van der Waals surface area contributed by atoms with E-state index < -0.39 is 24.3 Å². The van der Waals surface area contributed by atoms with Crippen LogP contribution >= 0.6 is 0 Å². The van der Waals surface area contributed by atoms with Crippen LogP contribution in [0.2, 0.25) is 0 Å². The van der Waals surface area contributed by atoms with E-state index in [2.05, 4.69) is 21.3 Å². The Morgan fingerprint density at radius 1 is 0.818 bits per heavy atom. The van der Waals surface area contributed by atoms with E-state index >= 15 is 0 Å². The van der Waals surface area contributed by atoms with Crippen LogP contribution in [-0.2, 0) is 9.47 Å². The molecule has 33 heavy (non-hydrogen) atoms. The molecule has 0 spiro atoms. The number of benzene rings is 1. The molecule has 0 heterocycles. The topological polar surface area (TPSA) is 141 Å². The van der Waals surface area contributed by atoms with Crippen molar-refractivity contribution in [3.63, 3.8) is 0 Å². The monoisotopic (exact) mass is 468 g/mol. The van der Waals surface area contributed by atoms with Crippen LogP contribution in [0.25, 0.3) is 0 Å². The number of hydrogen-bond donors (Lipinski definition) is 6. The number of aliphatic hydroxyl groups excluding tert-OH is 2. The number of anilines is 2. The minimum Gasteiger partial charge on any atom is -0.389 e. The standard InChI is InChI=1S/C23H40N4O6/c1-15(2)11-32-13-19(28)9-24-22(30)26-18-7-6-17(5)21(8-18)27-23(31)25-10-20(29)14-33-12-16(3)4/h6-8,15-16,19-20,28-29H,9-14H2,1-5H3,(H2,24,26,30)(H2,25,27,31)/t19-,20+/m0/s1. The molecule has 1 rings (SSSR count). The number of urea groups is 2. The molecule has 0 radical (unpaired) electrons. The van der Waals surface area contributed by atoms with Crippen LogP contribution in [0.4, 0.5) is 21.0 Å². The summed E-state index contributed by atoms with van der Waals surface area (Å²) in [6.45, 7) is 11.3. The van der Waals surface area contributed by atoms with Gasteiger partial charge in [-0.25, -0.2) is 9.59 Å². The van der Waals surface area contributed by atoms with Crippen molar-refractivity contribution in [2.45, 2.75) is 46.8 Å². The fourth-order valence-corrected chi connectivity index (χ4v) is 2.59. The molecule has 0 aliphatic heterocycles. The predicted molar refractivity (Wildman–Crippen MR) is 129 cm³/mol. The second kappa shape index (κ2) is 15.4. The summed E-state index contributed by atoms with van der Waals surface area (Å²) < 4.78 is 10.7. The third-order valence-electron chi connectivity index (χ3n) is 4.26. The van der Waals surface area contributed by atoms with Crippen molar-refractivity contribution in [3.8, 4) is 0 Å². The molecule has 0 saturated carbocycles. The zero-order valence-electron chi connectivity index (χ0n) is 20.3. The highest BCUT2D eigenvalue weighted by atomic mass is 16.5. The summed E-state index contributed by atoms with van der Waals surface area (Å²) in [4.78, 5) is 24.3. The van der Waals surface area contributed by atoms with Crippen molar-refractivity contribution in [1.29, 1.82) is 0 Å². The summed E-state index contributed by atoms with van der Waals surface area (Å²) in [7, 11) is 0. The Morgan fingerprint density at radius 3 is 1.79 bits per heavy atom. The molecule has 4 amide bonds. The van der Waals surface area contributed by atoms with Crippen molar-refractivity contribution < 1.29 is 29.3 Å². The zero-order chi connectivity index (χ0) is 24.8. The number of ether oxygens (including phenoxy) is 2. The summed E-state index contributed by atoms with van der Waals surface area (Å²) in [5.74, 6) is 0.738. The summed E-state index contributed by atoms with van der Waals surface area (Å²) >= 11 is 0. The largest absolute Gasteiger partial charge is 0.389 e. The number of nitrogens with one attached hydrogen (secondary N) is 4. The number of hydrogen-bond acceptors (Lipinski definition) is 6. The molecule has 0 saturated heterocycles. The first-order chi connectivity index (χ1) is 15.6. The smallest absolute Gasteiger partial charge is 0.319 e. The Balaban J connectivity index is 2.44. The average Bonchev–Trinajstić information content (AvgIpc) is 2.72. The van der Waals surface area contributed by atoms with Crippen LogP contribution in [0.15, 0.2) is 18.2 Å². The van der Waals surface area contributed by atoms with E-state index in [0.29, 0.717) is 36.4 Å². The van der Waals surface area contributed by atoms with Crippen molar-refractivity contribution in [2.24, 2.45) is 11.8 Å². The number of aliphatic hydroxyl groups is 2. The van der Waals surface area contributed by atoms with Gasteiger partial charge >= 0.3 is 12.1 Å². The number of carbonyl (C=O) groups excluding carboxylic acids is 2. The van der Waals surface area contributed by atoms with Crippen molar-refractivity contribution >= 4 is 23.4 Å². The molecular formula is C23H40N4O6. The van der Waals surface area contributed by atoms with Gasteiger partial charge in [0.15, 0.2) is 0 Å². The molecule has 0 aliphatic carbocycles. The first-order valence-electron chi connectivity index (χ1n) is 11.3. The highest BCUT2D eigenvalue weighted by Gasteiger charge is 2.11. The van der Waals surface area contributed by atoms with E-state index in [1.807, 2.05) is 34.6 Å². The molecule has 10 heteroatoms. The van der Waals surface area contributed by atoms with E-state index in [1.54, 1.807) is 18.2 Å². The van der Waals surface area contributed by atoms with E-state index in [1.165, 1.54) is 0 Å². The van der Waals surface area contributed by atoms with Crippen LogP contribution in [0.1, 0.15) is 33.3 Å². The summed E-state index contributed by atoms with van der Waals surface area (Å²) in [5.41, 5.74) is 1.79. The lowest BCUT2D eigenvalue weighted by Crippen LogP contribution is -2.38. The highest BCUT2D eigenvalue weighted by molar-refractivity contribution is 5.93. The van der Waals surface area contributed by atoms with Gasteiger partial charge in [-0.05, 0) is 36.5 Å². The minimum absolute atomic E-state index is 0.0481. The van der Waals surface area contributed by atoms with Gasteiger partial charge in [0.05, 0.1) is 25.4 Å². The Morgan fingerprint density at radius 2 is 1.30 bits per heavy atom. The molecule has 0 fully saturated rings. The second-order valence-corrected chi connectivity index (χ2v) is 8.87. The van der Waals surface area contributed by atoms with Gasteiger partial charge in [0.2, 0.25) is 0 Å². The molecule has 0 bridgehead atoms. The molecular weight excluding hydrogens is 428 g/mol. The molecule has 10 nitrogen and oxygen atoms in total.